The van der Waals surface area contributed by atoms with Gasteiger partial charge in [0.15, 0.2) is 0 Å². The van der Waals surface area contributed by atoms with Crippen molar-refractivity contribution in [3.8, 4) is 22.6 Å². The summed E-state index contributed by atoms with van der Waals surface area (Å²) in [5.41, 5.74) is 2.24. The number of aldehydes is 1. The highest BCUT2D eigenvalue weighted by atomic mass is 16.3. The van der Waals surface area contributed by atoms with Crippen molar-refractivity contribution in [1.82, 2.24) is 0 Å². The number of aliphatic hydroxyl groups is 2. The van der Waals surface area contributed by atoms with Crippen LogP contribution in [-0.4, -0.2) is 39.4 Å². The second-order valence-corrected chi connectivity index (χ2v) is 5.16. The molecule has 0 aromatic heterocycles. The number of carbonyl (C=O) groups excluding carboxylic acids is 1. The van der Waals surface area contributed by atoms with Crippen molar-refractivity contribution in [2.75, 3.05) is 6.61 Å². The topological polar surface area (TPSA) is 98.0 Å². The summed E-state index contributed by atoms with van der Waals surface area (Å²) >= 11 is 0. The van der Waals surface area contributed by atoms with Crippen LogP contribution in [0.25, 0.3) is 17.2 Å². The Morgan fingerprint density at radius 2 is 1.65 bits per heavy atom. The van der Waals surface area contributed by atoms with Gasteiger partial charge >= 0.3 is 0 Å². The van der Waals surface area contributed by atoms with Crippen molar-refractivity contribution in [1.29, 1.82) is 0 Å². The number of hydrogen-bond donors (Lipinski definition) is 4. The quantitative estimate of drug-likeness (QED) is 0.482. The molecule has 120 valence electrons. The lowest BCUT2D eigenvalue weighted by atomic mass is 9.97. The van der Waals surface area contributed by atoms with Gasteiger partial charge in [0.25, 0.3) is 0 Å². The normalized spacial score (nSPS) is 12.4. The molecule has 0 amide bonds. The lowest BCUT2D eigenvalue weighted by Gasteiger charge is -2.12. The van der Waals surface area contributed by atoms with E-state index in [0.29, 0.717) is 28.5 Å². The predicted molar refractivity (Wildman–Crippen MR) is 87.1 cm³/mol. The zero-order valence-electron chi connectivity index (χ0n) is 12.4. The summed E-state index contributed by atoms with van der Waals surface area (Å²) in [5.74, 6) is -0.0255. The zero-order chi connectivity index (χ0) is 16.8. The Kier molecular flexibility index (Phi) is 5.51. The summed E-state index contributed by atoms with van der Waals surface area (Å²) in [6.07, 6.45) is 2.93. The van der Waals surface area contributed by atoms with Crippen molar-refractivity contribution in [3.05, 3.63) is 53.6 Å². The summed E-state index contributed by atoms with van der Waals surface area (Å²) in [7, 11) is 0. The first-order chi connectivity index (χ1) is 11.0. The molecule has 23 heavy (non-hydrogen) atoms. The van der Waals surface area contributed by atoms with Gasteiger partial charge in [0, 0.05) is 17.5 Å². The van der Waals surface area contributed by atoms with E-state index in [4.69, 9.17) is 5.11 Å². The van der Waals surface area contributed by atoms with Crippen LogP contribution in [0.5, 0.6) is 11.5 Å². The lowest BCUT2D eigenvalue weighted by Crippen LogP contribution is -2.14. The maximum Gasteiger partial charge on any atom is 0.142 e. The Morgan fingerprint density at radius 1 is 1.00 bits per heavy atom. The van der Waals surface area contributed by atoms with Crippen LogP contribution in [0.2, 0.25) is 0 Å². The van der Waals surface area contributed by atoms with Crippen LogP contribution in [0.3, 0.4) is 0 Å². The van der Waals surface area contributed by atoms with Crippen LogP contribution < -0.4 is 0 Å². The summed E-state index contributed by atoms with van der Waals surface area (Å²) in [6.45, 7) is -0.354. The molecule has 0 bridgehead atoms. The molecular weight excluding hydrogens is 296 g/mol. The molecule has 0 aliphatic carbocycles. The van der Waals surface area contributed by atoms with E-state index in [2.05, 4.69) is 0 Å². The van der Waals surface area contributed by atoms with E-state index in [1.165, 1.54) is 18.2 Å². The minimum absolute atomic E-state index is 0.0107. The molecule has 2 aromatic carbocycles. The number of rotatable bonds is 6. The van der Waals surface area contributed by atoms with Gasteiger partial charge in [-0.1, -0.05) is 18.2 Å². The van der Waals surface area contributed by atoms with Crippen LogP contribution in [0.1, 0.15) is 11.1 Å². The number of aromatic hydroxyl groups is 2. The van der Waals surface area contributed by atoms with Gasteiger partial charge in [0.2, 0.25) is 0 Å². The first-order valence-corrected chi connectivity index (χ1v) is 7.11. The molecule has 0 unspecified atom stereocenters. The average Bonchev–Trinajstić information content (AvgIpc) is 2.56. The van der Waals surface area contributed by atoms with Crippen LogP contribution >= 0.6 is 0 Å². The minimum Gasteiger partial charge on any atom is -0.507 e. The molecule has 2 aromatic rings. The van der Waals surface area contributed by atoms with Crippen molar-refractivity contribution in [2.45, 2.75) is 12.5 Å². The summed E-state index contributed by atoms with van der Waals surface area (Å²) in [5, 5.41) is 38.6. The molecule has 5 nitrogen and oxygen atoms in total. The number of hydrogen-bond acceptors (Lipinski definition) is 5. The highest BCUT2D eigenvalue weighted by Gasteiger charge is 2.12. The first kappa shape index (κ1) is 16.7. The van der Waals surface area contributed by atoms with E-state index in [9.17, 15) is 20.1 Å². The highest BCUT2D eigenvalue weighted by Crippen LogP contribution is 2.37. The fraction of sp³-hybridized carbons (Fsp3) is 0.167. The SMILES string of the molecule is O=CC=Cc1ccc(O)c(-c2cc(C[C@H](O)CO)ccc2O)c1. The molecule has 0 saturated carbocycles. The molecule has 0 aliphatic rings. The third-order valence-corrected chi connectivity index (χ3v) is 3.42. The second-order valence-electron chi connectivity index (χ2n) is 5.16. The molecular formula is C18H18O5. The average molecular weight is 314 g/mol. The van der Waals surface area contributed by atoms with Crippen LogP contribution in [0.4, 0.5) is 0 Å². The number of carbonyl (C=O) groups is 1. The predicted octanol–water partition coefficient (Wildman–Crippen LogP) is 1.87. The number of benzene rings is 2. The van der Waals surface area contributed by atoms with E-state index in [-0.39, 0.29) is 24.5 Å². The molecule has 1 atom stereocenters. The van der Waals surface area contributed by atoms with Crippen molar-refractivity contribution in [3.63, 3.8) is 0 Å². The summed E-state index contributed by atoms with van der Waals surface area (Å²) in [6, 6.07) is 9.55. The maximum atomic E-state index is 10.4. The minimum atomic E-state index is -0.886. The lowest BCUT2D eigenvalue weighted by molar-refractivity contribution is -0.104. The standard InChI is InChI=1S/C18H18O5/c19-7-1-2-12-3-5-17(22)15(9-12)16-10-13(4-6-18(16)23)8-14(21)11-20/h1-7,9-10,14,20-23H,8,11H2/t14-/m0/s1. The maximum absolute atomic E-state index is 10.4. The molecule has 0 saturated heterocycles. The number of aliphatic hydroxyl groups excluding tert-OH is 2. The van der Waals surface area contributed by atoms with Crippen molar-refractivity contribution >= 4 is 12.4 Å². The van der Waals surface area contributed by atoms with Gasteiger partial charge in [-0.25, -0.2) is 0 Å². The molecule has 5 heteroatoms. The number of allylic oxidation sites excluding steroid dienone is 1. The van der Waals surface area contributed by atoms with Crippen molar-refractivity contribution < 1.29 is 25.2 Å². The van der Waals surface area contributed by atoms with Crippen LogP contribution in [0.15, 0.2) is 42.5 Å². The largest absolute Gasteiger partial charge is 0.507 e. The third-order valence-electron chi connectivity index (χ3n) is 3.42. The first-order valence-electron chi connectivity index (χ1n) is 7.11. The van der Waals surface area contributed by atoms with Gasteiger partial charge in [0.1, 0.15) is 17.8 Å². The van der Waals surface area contributed by atoms with E-state index >= 15 is 0 Å². The molecule has 4 N–H and O–H groups in total. The van der Waals surface area contributed by atoms with E-state index in [1.54, 1.807) is 30.3 Å². The van der Waals surface area contributed by atoms with Crippen LogP contribution in [0, 0.1) is 0 Å². The Morgan fingerprint density at radius 3 is 2.30 bits per heavy atom. The smallest absolute Gasteiger partial charge is 0.142 e. The molecule has 0 spiro atoms. The van der Waals surface area contributed by atoms with E-state index in [0.717, 1.165) is 0 Å². The van der Waals surface area contributed by atoms with E-state index in [1.807, 2.05) is 0 Å². The molecule has 0 heterocycles. The highest BCUT2D eigenvalue weighted by molar-refractivity contribution is 5.80. The van der Waals surface area contributed by atoms with Gasteiger partial charge in [-0.15, -0.1) is 0 Å². The molecule has 0 fully saturated rings. The Hall–Kier alpha value is -2.63. The van der Waals surface area contributed by atoms with Crippen LogP contribution in [-0.2, 0) is 11.2 Å². The fourth-order valence-corrected chi connectivity index (χ4v) is 2.29. The molecule has 0 aliphatic heterocycles. The fourth-order valence-electron chi connectivity index (χ4n) is 2.29. The summed E-state index contributed by atoms with van der Waals surface area (Å²) < 4.78 is 0. The Labute approximate surface area is 133 Å². The molecule has 0 radical (unpaired) electrons. The van der Waals surface area contributed by atoms with Gasteiger partial charge in [-0.05, 0) is 41.5 Å². The van der Waals surface area contributed by atoms with Gasteiger partial charge in [-0.2, -0.15) is 0 Å². The van der Waals surface area contributed by atoms with Gasteiger partial charge in [-0.3, -0.25) is 4.79 Å². The monoisotopic (exact) mass is 314 g/mol. The van der Waals surface area contributed by atoms with Crippen molar-refractivity contribution in [2.24, 2.45) is 0 Å². The van der Waals surface area contributed by atoms with Gasteiger partial charge < -0.3 is 20.4 Å². The number of phenolic OH excluding ortho intramolecular Hbond substituents is 2. The third kappa shape index (κ3) is 4.18. The Bertz CT molecular complexity index is 721. The second kappa shape index (κ2) is 7.58. The number of phenols is 2. The van der Waals surface area contributed by atoms with Gasteiger partial charge in [0.05, 0.1) is 12.7 Å². The summed E-state index contributed by atoms with van der Waals surface area (Å²) in [4.78, 5) is 10.4. The Balaban J connectivity index is 2.46. The molecule has 2 rings (SSSR count). The van der Waals surface area contributed by atoms with E-state index < -0.39 is 6.10 Å². The zero-order valence-corrected chi connectivity index (χ0v) is 12.4.